The zero-order chi connectivity index (χ0) is 31.0. The molecular weight excluding hydrogens is 554 g/mol. The van der Waals surface area contributed by atoms with Gasteiger partial charge in [-0.1, -0.05) is 0 Å². The van der Waals surface area contributed by atoms with Gasteiger partial charge in [0.1, 0.15) is 24.9 Å². The number of hydrogen-bond acceptors (Lipinski definition) is 15. The standard InChI is InChI=1S/C25H37NO15/c1-10-19(36-13(4)29)22(38-15(6)31)23(39-16(7)32)25(35-10)41-21-18(26-11(2)27)24(33-8)40-17(9-34-12(3)28)20(21)37-14(5)30/h10,17-25H,9H2,1-8H3,(H,26,27)/t10-,17+,18+,19+,20+,21+,22+,23-,24-,25-/m0/s1. The summed E-state index contributed by atoms with van der Waals surface area (Å²) in [6.45, 7) is 7.96. The molecule has 2 heterocycles. The van der Waals surface area contributed by atoms with E-state index in [1.165, 1.54) is 27.9 Å². The van der Waals surface area contributed by atoms with E-state index in [2.05, 4.69) is 5.32 Å². The van der Waals surface area contributed by atoms with Crippen LogP contribution < -0.4 is 5.32 Å². The van der Waals surface area contributed by atoms with Crippen molar-refractivity contribution < 1.29 is 71.4 Å². The van der Waals surface area contributed by atoms with Crippen molar-refractivity contribution in [1.29, 1.82) is 0 Å². The molecule has 232 valence electrons. The Kier molecular flexibility index (Phi) is 12.4. The van der Waals surface area contributed by atoms with Crippen molar-refractivity contribution in [2.75, 3.05) is 13.7 Å². The van der Waals surface area contributed by atoms with E-state index in [-0.39, 0.29) is 6.61 Å². The molecule has 0 aromatic carbocycles. The molecule has 0 bridgehead atoms. The zero-order valence-corrected chi connectivity index (χ0v) is 24.1. The van der Waals surface area contributed by atoms with Gasteiger partial charge in [-0.05, 0) is 6.92 Å². The van der Waals surface area contributed by atoms with Gasteiger partial charge in [-0.25, -0.2) is 0 Å². The minimum Gasteiger partial charge on any atom is -0.463 e. The third-order valence-corrected chi connectivity index (χ3v) is 5.93. The summed E-state index contributed by atoms with van der Waals surface area (Å²) in [6.07, 6.45) is -11.6. The highest BCUT2D eigenvalue weighted by Gasteiger charge is 2.56. The monoisotopic (exact) mass is 591 g/mol. The number of hydrogen-bond donors (Lipinski definition) is 1. The summed E-state index contributed by atoms with van der Waals surface area (Å²) >= 11 is 0. The Hall–Kier alpha value is -3.34. The van der Waals surface area contributed by atoms with Gasteiger partial charge >= 0.3 is 29.8 Å². The average molecular weight is 592 g/mol. The molecule has 2 fully saturated rings. The van der Waals surface area contributed by atoms with Gasteiger partial charge in [0.25, 0.3) is 0 Å². The van der Waals surface area contributed by atoms with Crippen LogP contribution in [0.1, 0.15) is 48.5 Å². The number of methoxy groups -OCH3 is 1. The lowest BCUT2D eigenvalue weighted by atomic mass is 9.95. The minimum atomic E-state index is -1.53. The van der Waals surface area contributed by atoms with Crippen molar-refractivity contribution in [3.05, 3.63) is 0 Å². The molecule has 2 aliphatic rings. The van der Waals surface area contributed by atoms with Crippen LogP contribution in [0.25, 0.3) is 0 Å². The number of carbonyl (C=O) groups excluding carboxylic acids is 6. The topological polar surface area (TPSA) is 198 Å². The quantitative estimate of drug-likeness (QED) is 0.246. The summed E-state index contributed by atoms with van der Waals surface area (Å²) in [5.74, 6) is -4.26. The zero-order valence-electron chi connectivity index (χ0n) is 24.1. The van der Waals surface area contributed by atoms with Crippen molar-refractivity contribution in [1.82, 2.24) is 5.32 Å². The molecule has 0 aromatic rings. The predicted molar refractivity (Wildman–Crippen MR) is 131 cm³/mol. The Morgan fingerprint density at radius 1 is 0.634 bits per heavy atom. The molecule has 0 aliphatic carbocycles. The van der Waals surface area contributed by atoms with Gasteiger partial charge in [0, 0.05) is 48.7 Å². The molecule has 2 aliphatic heterocycles. The SMILES string of the molecule is CO[C@H]1O[C@H](COC(C)=O)[C@@H](OC(C)=O)[C@H](O[C@@H]2O[C@@H](C)[C@@H](OC(C)=O)[C@@H](OC(C)=O)[C@@H]2OC(C)=O)[C@H]1NC(C)=O. The highest BCUT2D eigenvalue weighted by atomic mass is 16.8. The summed E-state index contributed by atoms with van der Waals surface area (Å²) in [5, 5.41) is 2.63. The molecular formula is C25H37NO15. The molecule has 1 N–H and O–H groups in total. The van der Waals surface area contributed by atoms with Gasteiger partial charge in [-0.2, -0.15) is 0 Å². The van der Waals surface area contributed by atoms with Crippen LogP contribution in [0.4, 0.5) is 0 Å². The van der Waals surface area contributed by atoms with Crippen LogP contribution in [0.5, 0.6) is 0 Å². The third kappa shape index (κ3) is 9.62. The van der Waals surface area contributed by atoms with E-state index in [9.17, 15) is 28.8 Å². The molecule has 0 radical (unpaired) electrons. The molecule has 0 unspecified atom stereocenters. The van der Waals surface area contributed by atoms with E-state index in [4.69, 9.17) is 42.6 Å². The fourth-order valence-corrected chi connectivity index (χ4v) is 4.56. The van der Waals surface area contributed by atoms with Crippen molar-refractivity contribution in [2.45, 2.75) is 110 Å². The molecule has 0 spiro atoms. The fourth-order valence-electron chi connectivity index (χ4n) is 4.56. The number of amides is 1. The molecule has 41 heavy (non-hydrogen) atoms. The second-order valence-corrected chi connectivity index (χ2v) is 9.41. The maximum atomic E-state index is 12.2. The van der Waals surface area contributed by atoms with E-state index in [1.54, 1.807) is 0 Å². The van der Waals surface area contributed by atoms with Crippen LogP contribution in [0, 0.1) is 0 Å². The molecule has 0 saturated carbocycles. The first-order valence-corrected chi connectivity index (χ1v) is 12.7. The fraction of sp³-hybridized carbons (Fsp3) is 0.760. The summed E-state index contributed by atoms with van der Waals surface area (Å²) in [4.78, 5) is 71.8. The van der Waals surface area contributed by atoms with Gasteiger partial charge in [-0.15, -0.1) is 0 Å². The predicted octanol–water partition coefficient (Wildman–Crippen LogP) is -0.718. The number of nitrogens with one attached hydrogen (secondary N) is 1. The third-order valence-electron chi connectivity index (χ3n) is 5.93. The average Bonchev–Trinajstić information content (AvgIpc) is 2.83. The first-order chi connectivity index (χ1) is 19.1. The van der Waals surface area contributed by atoms with Crippen LogP contribution >= 0.6 is 0 Å². The van der Waals surface area contributed by atoms with Crippen molar-refractivity contribution >= 4 is 35.8 Å². The first kappa shape index (κ1) is 33.9. The largest absolute Gasteiger partial charge is 0.463 e. The maximum Gasteiger partial charge on any atom is 0.303 e. The molecule has 1 amide bonds. The number of rotatable bonds is 10. The molecule has 2 rings (SSSR count). The van der Waals surface area contributed by atoms with Crippen LogP contribution in [-0.4, -0.2) is 111 Å². The van der Waals surface area contributed by atoms with Crippen LogP contribution in [0.3, 0.4) is 0 Å². The lowest BCUT2D eigenvalue weighted by Crippen LogP contribution is -2.69. The van der Waals surface area contributed by atoms with E-state index in [1.807, 2.05) is 0 Å². The number of esters is 5. The van der Waals surface area contributed by atoms with Gasteiger partial charge in [0.05, 0.1) is 6.10 Å². The second-order valence-electron chi connectivity index (χ2n) is 9.41. The lowest BCUT2D eigenvalue weighted by Gasteiger charge is -2.49. The second kappa shape index (κ2) is 15.0. The van der Waals surface area contributed by atoms with E-state index in [0.717, 1.165) is 27.7 Å². The number of ether oxygens (including phenoxy) is 9. The summed E-state index contributed by atoms with van der Waals surface area (Å²) in [5.41, 5.74) is 0. The van der Waals surface area contributed by atoms with Gasteiger partial charge in [0.2, 0.25) is 5.91 Å². The smallest absolute Gasteiger partial charge is 0.303 e. The summed E-state index contributed by atoms with van der Waals surface area (Å²) in [6, 6.07) is -1.15. The van der Waals surface area contributed by atoms with Crippen LogP contribution in [0.15, 0.2) is 0 Å². The van der Waals surface area contributed by atoms with E-state index in [0.29, 0.717) is 0 Å². The normalized spacial score (nSPS) is 33.1. The van der Waals surface area contributed by atoms with Crippen molar-refractivity contribution in [3.63, 3.8) is 0 Å². The summed E-state index contributed by atoms with van der Waals surface area (Å²) < 4.78 is 50.2. The number of carbonyl (C=O) groups is 6. The molecule has 16 heteroatoms. The molecule has 2 saturated heterocycles. The Balaban J connectivity index is 2.60. The Bertz CT molecular complexity index is 986. The highest BCUT2D eigenvalue weighted by Crippen LogP contribution is 2.34. The van der Waals surface area contributed by atoms with Crippen molar-refractivity contribution in [3.8, 4) is 0 Å². The molecule has 10 atom stereocenters. The Morgan fingerprint density at radius 2 is 1.15 bits per heavy atom. The Labute approximate surface area is 236 Å². The van der Waals surface area contributed by atoms with Crippen LogP contribution in [0.2, 0.25) is 0 Å². The minimum absolute atomic E-state index is 0.389. The van der Waals surface area contributed by atoms with Crippen LogP contribution in [-0.2, 0) is 71.4 Å². The highest BCUT2D eigenvalue weighted by molar-refractivity contribution is 5.73. The lowest BCUT2D eigenvalue weighted by molar-refractivity contribution is -0.341. The molecule has 0 aromatic heterocycles. The molecule has 16 nitrogen and oxygen atoms in total. The van der Waals surface area contributed by atoms with E-state index >= 15 is 0 Å². The van der Waals surface area contributed by atoms with Gasteiger partial charge in [-0.3, -0.25) is 28.8 Å². The van der Waals surface area contributed by atoms with Crippen molar-refractivity contribution in [2.24, 2.45) is 0 Å². The van der Waals surface area contributed by atoms with E-state index < -0.39 is 97.1 Å². The maximum absolute atomic E-state index is 12.2. The van der Waals surface area contributed by atoms with Gasteiger partial charge in [0.15, 0.2) is 37.0 Å². The Morgan fingerprint density at radius 3 is 1.63 bits per heavy atom. The first-order valence-electron chi connectivity index (χ1n) is 12.7. The summed E-state index contributed by atoms with van der Waals surface area (Å²) in [7, 11) is 1.28. The van der Waals surface area contributed by atoms with Gasteiger partial charge < -0.3 is 47.9 Å².